The molecule has 176 valence electrons. The molecule has 0 spiro atoms. The average molecular weight is 450 g/mol. The molecule has 2 amide bonds. The van der Waals surface area contributed by atoms with Gasteiger partial charge in [0.1, 0.15) is 5.82 Å². The van der Waals surface area contributed by atoms with E-state index in [1.807, 2.05) is 11.0 Å². The number of amides is 2. The minimum absolute atomic E-state index is 0.0635. The average Bonchev–Trinajstić information content (AvgIpc) is 2.82. The van der Waals surface area contributed by atoms with Crippen molar-refractivity contribution in [3.63, 3.8) is 0 Å². The van der Waals surface area contributed by atoms with Crippen LogP contribution in [0.1, 0.15) is 53.2 Å². The Morgan fingerprint density at radius 2 is 1.91 bits per heavy atom. The molecule has 1 aromatic heterocycles. The van der Waals surface area contributed by atoms with Gasteiger partial charge in [0, 0.05) is 64.0 Å². The summed E-state index contributed by atoms with van der Waals surface area (Å²) in [6.07, 6.45) is 5.48. The number of carbonyl (C=O) groups excluding carboxylic acids is 2. The first kappa shape index (κ1) is 23.2. The van der Waals surface area contributed by atoms with Crippen molar-refractivity contribution in [3.8, 4) is 0 Å². The first-order valence-corrected chi connectivity index (χ1v) is 12.0. The summed E-state index contributed by atoms with van der Waals surface area (Å²) in [6, 6.07) is 10.6. The number of likely N-dealkylation sites (tertiary alicyclic amines) is 1. The van der Waals surface area contributed by atoms with Crippen molar-refractivity contribution < 1.29 is 9.59 Å². The van der Waals surface area contributed by atoms with Crippen LogP contribution >= 0.6 is 0 Å². The van der Waals surface area contributed by atoms with Crippen molar-refractivity contribution in [2.24, 2.45) is 0 Å². The third-order valence-corrected chi connectivity index (χ3v) is 6.70. The van der Waals surface area contributed by atoms with E-state index in [0.717, 1.165) is 58.4 Å². The lowest BCUT2D eigenvalue weighted by atomic mass is 9.98. The summed E-state index contributed by atoms with van der Waals surface area (Å²) in [7, 11) is 0. The Hall–Kier alpha value is -2.93. The SMILES string of the molecule is CC(=O)N1CCC(Nc2cc(C(=O)NCCCN3CCc4ccc(C)cc4C3)ccn2)CC1. The van der Waals surface area contributed by atoms with Crippen molar-refractivity contribution in [2.45, 2.75) is 52.1 Å². The van der Waals surface area contributed by atoms with E-state index in [-0.39, 0.29) is 17.9 Å². The Bertz CT molecular complexity index is 984. The molecule has 0 saturated carbocycles. The highest BCUT2D eigenvalue weighted by Crippen LogP contribution is 2.20. The van der Waals surface area contributed by atoms with Crippen LogP contribution in [0.15, 0.2) is 36.5 Å². The van der Waals surface area contributed by atoms with E-state index in [9.17, 15) is 9.59 Å². The normalized spacial score (nSPS) is 16.8. The molecule has 7 nitrogen and oxygen atoms in total. The van der Waals surface area contributed by atoms with Crippen molar-refractivity contribution in [3.05, 3.63) is 58.8 Å². The summed E-state index contributed by atoms with van der Waals surface area (Å²) in [5.41, 5.74) is 4.84. The lowest BCUT2D eigenvalue weighted by Gasteiger charge is -2.32. The first-order chi connectivity index (χ1) is 16.0. The number of carbonyl (C=O) groups is 2. The monoisotopic (exact) mass is 449 g/mol. The van der Waals surface area contributed by atoms with E-state index < -0.39 is 0 Å². The number of hydrogen-bond donors (Lipinski definition) is 2. The van der Waals surface area contributed by atoms with E-state index in [1.54, 1.807) is 19.2 Å². The second-order valence-corrected chi connectivity index (χ2v) is 9.26. The highest BCUT2D eigenvalue weighted by molar-refractivity contribution is 5.94. The van der Waals surface area contributed by atoms with Gasteiger partial charge in [-0.05, 0) is 55.9 Å². The zero-order valence-corrected chi connectivity index (χ0v) is 19.8. The van der Waals surface area contributed by atoms with E-state index in [4.69, 9.17) is 0 Å². The number of aromatic nitrogens is 1. The van der Waals surface area contributed by atoms with Gasteiger partial charge in [0.05, 0.1) is 0 Å². The number of aryl methyl sites for hydroxylation is 1. The maximum atomic E-state index is 12.6. The van der Waals surface area contributed by atoms with Crippen molar-refractivity contribution in [1.82, 2.24) is 20.1 Å². The van der Waals surface area contributed by atoms with E-state index in [0.29, 0.717) is 17.9 Å². The molecule has 2 aromatic rings. The Kier molecular flexibility index (Phi) is 7.60. The van der Waals surface area contributed by atoms with Crippen LogP contribution in [0.3, 0.4) is 0 Å². The lowest BCUT2D eigenvalue weighted by Crippen LogP contribution is -2.41. The van der Waals surface area contributed by atoms with E-state index in [1.165, 1.54) is 16.7 Å². The van der Waals surface area contributed by atoms with Crippen molar-refractivity contribution in [1.29, 1.82) is 0 Å². The maximum Gasteiger partial charge on any atom is 0.251 e. The van der Waals surface area contributed by atoms with Gasteiger partial charge in [0.15, 0.2) is 0 Å². The molecule has 2 aliphatic heterocycles. The molecule has 0 bridgehead atoms. The predicted octanol–water partition coefficient (Wildman–Crippen LogP) is 2.99. The van der Waals surface area contributed by atoms with Crippen LogP contribution in [0.5, 0.6) is 0 Å². The number of nitrogens with one attached hydrogen (secondary N) is 2. The van der Waals surface area contributed by atoms with E-state index in [2.05, 4.69) is 45.6 Å². The van der Waals surface area contributed by atoms with Crippen LogP contribution in [0, 0.1) is 6.92 Å². The molecule has 4 rings (SSSR count). The van der Waals surface area contributed by atoms with Gasteiger partial charge >= 0.3 is 0 Å². The maximum absolute atomic E-state index is 12.6. The molecule has 1 fully saturated rings. The number of fused-ring (bicyclic) bond motifs is 1. The van der Waals surface area contributed by atoms with Gasteiger partial charge in [-0.3, -0.25) is 14.5 Å². The van der Waals surface area contributed by atoms with Crippen LogP contribution in [0.25, 0.3) is 0 Å². The molecule has 1 saturated heterocycles. The van der Waals surface area contributed by atoms with Gasteiger partial charge in [-0.25, -0.2) is 4.98 Å². The number of hydrogen-bond acceptors (Lipinski definition) is 5. The number of piperidine rings is 1. The highest BCUT2D eigenvalue weighted by atomic mass is 16.2. The molecule has 2 N–H and O–H groups in total. The number of rotatable bonds is 7. The first-order valence-electron chi connectivity index (χ1n) is 12.0. The number of nitrogens with zero attached hydrogens (tertiary/aromatic N) is 3. The molecule has 0 radical (unpaired) electrons. The Morgan fingerprint density at radius 3 is 2.70 bits per heavy atom. The highest BCUT2D eigenvalue weighted by Gasteiger charge is 2.21. The van der Waals surface area contributed by atoms with Crippen LogP contribution in [0.2, 0.25) is 0 Å². The molecule has 0 aliphatic carbocycles. The minimum Gasteiger partial charge on any atom is -0.367 e. The van der Waals surface area contributed by atoms with Gasteiger partial charge in [-0.1, -0.05) is 23.8 Å². The topological polar surface area (TPSA) is 77.6 Å². The van der Waals surface area contributed by atoms with Crippen molar-refractivity contribution >= 4 is 17.6 Å². The van der Waals surface area contributed by atoms with Crippen LogP contribution < -0.4 is 10.6 Å². The summed E-state index contributed by atoms with van der Waals surface area (Å²) < 4.78 is 0. The number of benzene rings is 1. The van der Waals surface area contributed by atoms with Crippen LogP contribution in [0.4, 0.5) is 5.82 Å². The Morgan fingerprint density at radius 1 is 1.09 bits per heavy atom. The Balaban J connectivity index is 1.20. The molecule has 1 aromatic carbocycles. The van der Waals surface area contributed by atoms with Crippen molar-refractivity contribution in [2.75, 3.05) is 38.0 Å². The molecule has 33 heavy (non-hydrogen) atoms. The van der Waals surface area contributed by atoms with E-state index >= 15 is 0 Å². The fourth-order valence-electron chi connectivity index (χ4n) is 4.74. The third kappa shape index (κ3) is 6.32. The quantitative estimate of drug-likeness (QED) is 0.636. The summed E-state index contributed by atoms with van der Waals surface area (Å²) >= 11 is 0. The van der Waals surface area contributed by atoms with Crippen LogP contribution in [-0.4, -0.2) is 65.4 Å². The number of pyridine rings is 1. The summed E-state index contributed by atoms with van der Waals surface area (Å²) in [5.74, 6) is 0.781. The molecular weight excluding hydrogens is 414 g/mol. The minimum atomic E-state index is -0.0635. The van der Waals surface area contributed by atoms with Crippen LogP contribution in [-0.2, 0) is 17.8 Å². The summed E-state index contributed by atoms with van der Waals surface area (Å²) in [6.45, 7) is 8.99. The van der Waals surface area contributed by atoms with Gasteiger partial charge in [0.2, 0.25) is 5.91 Å². The zero-order valence-electron chi connectivity index (χ0n) is 19.8. The predicted molar refractivity (Wildman–Crippen MR) is 130 cm³/mol. The fraction of sp³-hybridized carbons (Fsp3) is 0.500. The molecule has 7 heteroatoms. The number of anilines is 1. The summed E-state index contributed by atoms with van der Waals surface area (Å²) in [4.78, 5) is 32.8. The van der Waals surface area contributed by atoms with Gasteiger partial charge < -0.3 is 15.5 Å². The zero-order chi connectivity index (χ0) is 23.2. The standard InChI is InChI=1S/C26H35N5O2/c1-19-4-5-21-7-13-30(18-23(21)16-19)12-3-10-28-26(33)22-6-11-27-25(17-22)29-24-8-14-31(15-9-24)20(2)32/h4-6,11,16-17,24H,3,7-10,12-15,18H2,1-2H3,(H,27,29)(H,28,33). The molecule has 0 unspecified atom stereocenters. The van der Waals surface area contributed by atoms with Gasteiger partial charge in [-0.2, -0.15) is 0 Å². The molecule has 2 aliphatic rings. The summed E-state index contributed by atoms with van der Waals surface area (Å²) in [5, 5.41) is 6.47. The largest absolute Gasteiger partial charge is 0.367 e. The molecule has 0 atom stereocenters. The Labute approximate surface area is 196 Å². The van der Waals surface area contributed by atoms with Gasteiger partial charge in [-0.15, -0.1) is 0 Å². The van der Waals surface area contributed by atoms with Gasteiger partial charge in [0.25, 0.3) is 5.91 Å². The molecular formula is C26H35N5O2. The smallest absolute Gasteiger partial charge is 0.251 e. The molecule has 3 heterocycles. The second-order valence-electron chi connectivity index (χ2n) is 9.26. The lowest BCUT2D eigenvalue weighted by molar-refractivity contribution is -0.129. The third-order valence-electron chi connectivity index (χ3n) is 6.70. The fourth-order valence-corrected chi connectivity index (χ4v) is 4.74. The second kappa shape index (κ2) is 10.8.